The van der Waals surface area contributed by atoms with Crippen LogP contribution in [0.15, 0.2) is 115 Å². The van der Waals surface area contributed by atoms with Crippen molar-refractivity contribution < 1.29 is 33.6 Å². The van der Waals surface area contributed by atoms with Crippen molar-refractivity contribution in [3.8, 4) is 11.5 Å². The minimum Gasteiger partial charge on any atom is -0.497 e. The van der Waals surface area contributed by atoms with Crippen molar-refractivity contribution in [3.05, 3.63) is 138 Å². The van der Waals surface area contributed by atoms with Crippen molar-refractivity contribution in [1.82, 2.24) is 10.2 Å². The Morgan fingerprint density at radius 1 is 0.870 bits per heavy atom. The maximum absolute atomic E-state index is 12.8. The Bertz CT molecular complexity index is 1560. The summed E-state index contributed by atoms with van der Waals surface area (Å²) in [5.41, 5.74) is 2.36. The van der Waals surface area contributed by atoms with Crippen LogP contribution in [-0.2, 0) is 24.7 Å². The average Bonchev–Trinajstić information content (AvgIpc) is 3.49. The molecule has 46 heavy (non-hydrogen) atoms. The van der Waals surface area contributed by atoms with Crippen molar-refractivity contribution >= 4 is 17.9 Å². The summed E-state index contributed by atoms with van der Waals surface area (Å²) in [4.78, 5) is 26.3. The zero-order valence-electron chi connectivity index (χ0n) is 26.0. The summed E-state index contributed by atoms with van der Waals surface area (Å²) in [6, 6.07) is 34.2. The van der Waals surface area contributed by atoms with E-state index >= 15 is 0 Å². The zero-order chi connectivity index (χ0) is 32.5. The predicted octanol–water partition coefficient (Wildman–Crippen LogP) is 4.73. The Balaban J connectivity index is 1.48. The summed E-state index contributed by atoms with van der Waals surface area (Å²) < 4.78 is 24.0. The van der Waals surface area contributed by atoms with Gasteiger partial charge in [0.05, 0.1) is 32.5 Å². The van der Waals surface area contributed by atoms with Crippen LogP contribution < -0.4 is 14.8 Å². The molecule has 1 saturated heterocycles. The van der Waals surface area contributed by atoms with E-state index in [-0.39, 0.29) is 24.5 Å². The van der Waals surface area contributed by atoms with Crippen LogP contribution >= 0.6 is 0 Å². The van der Waals surface area contributed by atoms with Gasteiger partial charge in [-0.1, -0.05) is 84.9 Å². The lowest BCUT2D eigenvalue weighted by Crippen LogP contribution is -2.38. The van der Waals surface area contributed by atoms with Crippen molar-refractivity contribution in [3.63, 3.8) is 0 Å². The fraction of sp³-hybridized carbons (Fsp3) is 0.243. The summed E-state index contributed by atoms with van der Waals surface area (Å²) in [7, 11) is 4.76. The number of aliphatic hydroxyl groups is 1. The molecule has 9 heteroatoms. The first-order valence-electron chi connectivity index (χ1n) is 15.0. The lowest BCUT2D eigenvalue weighted by atomic mass is 9.80. The van der Waals surface area contributed by atoms with Crippen molar-refractivity contribution in [2.75, 3.05) is 27.9 Å². The van der Waals surface area contributed by atoms with Crippen LogP contribution in [0.2, 0.25) is 0 Å². The maximum atomic E-state index is 12.8. The number of ether oxygens (including phenoxy) is 4. The quantitative estimate of drug-likeness (QED) is 0.126. The van der Waals surface area contributed by atoms with Gasteiger partial charge in [-0.3, -0.25) is 14.5 Å². The van der Waals surface area contributed by atoms with Gasteiger partial charge in [0, 0.05) is 19.7 Å². The van der Waals surface area contributed by atoms with Gasteiger partial charge in [-0.15, -0.1) is 0 Å². The molecule has 1 aliphatic rings. The number of rotatable bonds is 13. The smallest absolute Gasteiger partial charge is 0.253 e. The Hall–Kier alpha value is -4.96. The Morgan fingerprint density at radius 3 is 1.89 bits per heavy atom. The lowest BCUT2D eigenvalue weighted by molar-refractivity contribution is -0.132. The van der Waals surface area contributed by atoms with E-state index in [0.717, 1.165) is 16.7 Å². The van der Waals surface area contributed by atoms with E-state index in [9.17, 15) is 14.7 Å². The Labute approximate surface area is 269 Å². The zero-order valence-corrected chi connectivity index (χ0v) is 26.0. The van der Waals surface area contributed by atoms with E-state index in [1.165, 1.54) is 18.1 Å². The highest BCUT2D eigenvalue weighted by molar-refractivity contribution is 6.19. The molecule has 0 saturated carbocycles. The molecule has 2 amide bonds. The number of carbonyl (C=O) groups is 2. The molecule has 1 aliphatic heterocycles. The van der Waals surface area contributed by atoms with Gasteiger partial charge in [0.2, 0.25) is 6.41 Å². The van der Waals surface area contributed by atoms with E-state index in [0.29, 0.717) is 23.5 Å². The number of carbonyl (C=O) groups excluding carboxylic acids is 2. The number of amides is 2. The van der Waals surface area contributed by atoms with Crippen LogP contribution in [0.5, 0.6) is 11.5 Å². The highest BCUT2D eigenvalue weighted by atomic mass is 16.6. The molecule has 0 aromatic heterocycles. The molecule has 4 aromatic rings. The van der Waals surface area contributed by atoms with Gasteiger partial charge in [0.1, 0.15) is 29.4 Å². The van der Waals surface area contributed by atoms with Crippen LogP contribution in [0, 0.1) is 0 Å². The third kappa shape index (κ3) is 6.82. The first-order chi connectivity index (χ1) is 22.4. The van der Waals surface area contributed by atoms with Crippen molar-refractivity contribution in [2.45, 2.75) is 30.5 Å². The summed E-state index contributed by atoms with van der Waals surface area (Å²) in [5, 5.41) is 13.8. The second kappa shape index (κ2) is 14.9. The molecule has 0 spiro atoms. The number of likely N-dealkylation sites (N-methyl/N-ethyl adjacent to an activating group) is 1. The molecule has 0 aliphatic carbocycles. The number of hydrogen-bond donors (Lipinski definition) is 2. The molecule has 0 bridgehead atoms. The molecule has 1 unspecified atom stereocenters. The van der Waals surface area contributed by atoms with E-state index in [2.05, 4.69) is 5.32 Å². The molecule has 4 aromatic carbocycles. The molecule has 1 heterocycles. The monoisotopic (exact) mass is 622 g/mol. The van der Waals surface area contributed by atoms with Crippen LogP contribution in [-0.4, -0.2) is 68.6 Å². The van der Waals surface area contributed by atoms with E-state index in [1.807, 2.05) is 97.1 Å². The fourth-order valence-corrected chi connectivity index (χ4v) is 5.68. The van der Waals surface area contributed by atoms with Crippen LogP contribution in [0.25, 0.3) is 5.57 Å². The molecule has 238 valence electrons. The molecule has 1 fully saturated rings. The normalized spacial score (nSPS) is 18.1. The molecular formula is C37H38N2O7. The Kier molecular flexibility index (Phi) is 10.5. The molecule has 5 rings (SSSR count). The molecule has 3 atom stereocenters. The molecule has 2 N–H and O–H groups in total. The lowest BCUT2D eigenvalue weighted by Gasteiger charge is -2.37. The predicted molar refractivity (Wildman–Crippen MR) is 174 cm³/mol. The van der Waals surface area contributed by atoms with E-state index in [4.69, 9.17) is 18.9 Å². The number of benzene rings is 4. The van der Waals surface area contributed by atoms with Crippen molar-refractivity contribution in [1.29, 1.82) is 0 Å². The standard InChI is InChI=1S/C37H38N2O7/c1-38-36(42)32(26-10-6-4-7-11-26)23-39(25-40)35-22-33(41)34(46-35)24-45-37(27-12-8-5-9-13-27,28-14-18-30(43-2)19-15-28)29-16-20-31(44-3)21-17-29/h4-21,23,25,33-35,41H,22,24H2,1-3H3,(H,38,42)/b32-23-/t33-,34?,35-/m1/s1. The van der Waals surface area contributed by atoms with Gasteiger partial charge in [0.15, 0.2) is 0 Å². The fourth-order valence-electron chi connectivity index (χ4n) is 5.68. The number of hydrogen-bond acceptors (Lipinski definition) is 7. The van der Waals surface area contributed by atoms with Gasteiger partial charge in [-0.2, -0.15) is 0 Å². The maximum Gasteiger partial charge on any atom is 0.253 e. The second-order valence-electron chi connectivity index (χ2n) is 10.8. The highest BCUT2D eigenvalue weighted by Gasteiger charge is 2.42. The second-order valence-corrected chi connectivity index (χ2v) is 10.8. The SMILES string of the molecule is CNC(=O)/C(=C\N(C=O)[C@H]1C[C@@H](O)C(COC(c2ccccc2)(c2ccc(OC)cc2)c2ccc(OC)cc2)O1)c1ccccc1. The van der Waals surface area contributed by atoms with Gasteiger partial charge in [-0.25, -0.2) is 0 Å². The molecule has 9 nitrogen and oxygen atoms in total. The van der Waals surface area contributed by atoms with Gasteiger partial charge < -0.3 is 29.4 Å². The van der Waals surface area contributed by atoms with Crippen LogP contribution in [0.1, 0.15) is 28.7 Å². The van der Waals surface area contributed by atoms with Crippen molar-refractivity contribution in [2.24, 2.45) is 0 Å². The Morgan fingerprint density at radius 2 is 1.39 bits per heavy atom. The van der Waals surface area contributed by atoms with Gasteiger partial charge >= 0.3 is 0 Å². The van der Waals surface area contributed by atoms with E-state index < -0.39 is 24.0 Å². The molecule has 0 radical (unpaired) electrons. The first-order valence-corrected chi connectivity index (χ1v) is 15.0. The minimum absolute atomic E-state index is 0.0119. The van der Waals surface area contributed by atoms with Crippen LogP contribution in [0.3, 0.4) is 0 Å². The third-order valence-corrected chi connectivity index (χ3v) is 8.13. The first kappa shape index (κ1) is 32.4. The summed E-state index contributed by atoms with van der Waals surface area (Å²) in [5.74, 6) is 1.04. The van der Waals surface area contributed by atoms with Gasteiger partial charge in [0.25, 0.3) is 5.91 Å². The topological polar surface area (TPSA) is 107 Å². The number of methoxy groups -OCH3 is 2. The summed E-state index contributed by atoms with van der Waals surface area (Å²) in [6.45, 7) is -0.0119. The van der Waals surface area contributed by atoms with Gasteiger partial charge in [-0.05, 0) is 46.5 Å². The third-order valence-electron chi connectivity index (χ3n) is 8.13. The summed E-state index contributed by atoms with van der Waals surface area (Å²) >= 11 is 0. The summed E-state index contributed by atoms with van der Waals surface area (Å²) in [6.07, 6.45) is -0.373. The highest BCUT2D eigenvalue weighted by Crippen LogP contribution is 2.42. The van der Waals surface area contributed by atoms with E-state index in [1.54, 1.807) is 26.4 Å². The largest absolute Gasteiger partial charge is 0.497 e. The van der Waals surface area contributed by atoms with Crippen LogP contribution in [0.4, 0.5) is 0 Å². The average molecular weight is 623 g/mol. The minimum atomic E-state index is -1.11. The molecular weight excluding hydrogens is 584 g/mol. The number of nitrogens with zero attached hydrogens (tertiary/aromatic N) is 1. The number of aliphatic hydroxyl groups excluding tert-OH is 1. The number of nitrogens with one attached hydrogen (secondary N) is 1.